The summed E-state index contributed by atoms with van der Waals surface area (Å²) in [5, 5.41) is 0.889. The van der Waals surface area contributed by atoms with Crippen LogP contribution in [0.3, 0.4) is 0 Å². The molecule has 3 rings (SSSR count). The van der Waals surface area contributed by atoms with Gasteiger partial charge in [-0.05, 0) is 36.8 Å². The molecule has 2 aromatic rings. The van der Waals surface area contributed by atoms with Crippen molar-refractivity contribution in [1.29, 1.82) is 0 Å². The topological polar surface area (TPSA) is 72.9 Å². The fraction of sp³-hybridized carbons (Fsp3) is 0.211. The van der Waals surface area contributed by atoms with Gasteiger partial charge in [-0.3, -0.25) is 14.4 Å². The highest BCUT2D eigenvalue weighted by atomic mass is 35.5. The van der Waals surface area contributed by atoms with Crippen LogP contribution in [0.2, 0.25) is 10.0 Å². The van der Waals surface area contributed by atoms with Gasteiger partial charge in [-0.25, -0.2) is 4.90 Å². The zero-order chi connectivity index (χ0) is 19.4. The first-order chi connectivity index (χ1) is 13.0. The van der Waals surface area contributed by atoms with Crippen molar-refractivity contribution >= 4 is 41.0 Å². The number of hydrogen-bond donors (Lipinski definition) is 0. The van der Waals surface area contributed by atoms with Gasteiger partial charge in [-0.1, -0.05) is 35.3 Å². The number of hydrogen-bond acceptors (Lipinski definition) is 5. The molecule has 0 spiro atoms. The van der Waals surface area contributed by atoms with Gasteiger partial charge in [0.15, 0.2) is 6.73 Å². The number of halogens is 2. The molecule has 140 valence electrons. The van der Waals surface area contributed by atoms with Gasteiger partial charge in [0.25, 0.3) is 11.8 Å². The summed E-state index contributed by atoms with van der Waals surface area (Å²) in [6.07, 6.45) is 0.467. The number of carbonyl (C=O) groups excluding carboxylic acids is 3. The predicted molar refractivity (Wildman–Crippen MR) is 99.1 cm³/mol. The standard InChI is InChI=1S/C19H15Cl2NO5/c20-12-7-8-16(15(21)10-12)26-9-3-6-17(23)27-11-22-18(24)13-4-1-2-5-14(13)19(22)25/h1-2,4-5,7-8,10H,3,6,9,11H2. The molecule has 0 unspecified atom stereocenters. The Balaban J connectivity index is 1.42. The molecule has 0 N–H and O–H groups in total. The van der Waals surface area contributed by atoms with Crippen LogP contribution in [-0.4, -0.2) is 36.0 Å². The molecule has 1 aliphatic rings. The minimum atomic E-state index is -0.530. The van der Waals surface area contributed by atoms with E-state index in [0.717, 1.165) is 4.90 Å². The Morgan fingerprint density at radius 1 is 1.00 bits per heavy atom. The van der Waals surface area contributed by atoms with Gasteiger partial charge in [-0.2, -0.15) is 0 Å². The monoisotopic (exact) mass is 407 g/mol. The van der Waals surface area contributed by atoms with Gasteiger partial charge in [0, 0.05) is 11.4 Å². The molecule has 2 amide bonds. The van der Waals surface area contributed by atoms with E-state index in [-0.39, 0.29) is 13.0 Å². The third-order valence-corrected chi connectivity index (χ3v) is 4.44. The molecule has 0 radical (unpaired) electrons. The average molecular weight is 408 g/mol. The Morgan fingerprint density at radius 3 is 2.30 bits per heavy atom. The highest BCUT2D eigenvalue weighted by molar-refractivity contribution is 6.35. The summed E-state index contributed by atoms with van der Waals surface area (Å²) in [4.78, 5) is 37.1. The molecule has 0 fully saturated rings. The molecule has 1 heterocycles. The van der Waals surface area contributed by atoms with Crippen molar-refractivity contribution < 1.29 is 23.9 Å². The Labute approximate surface area is 165 Å². The quantitative estimate of drug-likeness (QED) is 0.394. The SMILES string of the molecule is O=C(CCCOc1ccc(Cl)cc1Cl)OCN1C(=O)c2ccccc2C1=O. The Hall–Kier alpha value is -2.57. The summed E-state index contributed by atoms with van der Waals surface area (Å²) in [5.41, 5.74) is 0.624. The van der Waals surface area contributed by atoms with Gasteiger partial charge in [0.2, 0.25) is 0 Å². The fourth-order valence-electron chi connectivity index (χ4n) is 2.56. The maximum absolute atomic E-state index is 12.2. The highest BCUT2D eigenvalue weighted by Gasteiger charge is 2.35. The number of esters is 1. The first-order valence-electron chi connectivity index (χ1n) is 8.16. The summed E-state index contributed by atoms with van der Waals surface area (Å²) < 4.78 is 10.5. The number of nitrogens with zero attached hydrogens (tertiary/aromatic N) is 1. The largest absolute Gasteiger partial charge is 0.492 e. The van der Waals surface area contributed by atoms with E-state index < -0.39 is 24.5 Å². The number of ether oxygens (including phenoxy) is 2. The molecular formula is C19H15Cl2NO5. The molecule has 0 saturated carbocycles. The van der Waals surface area contributed by atoms with E-state index in [1.54, 1.807) is 42.5 Å². The second-order valence-corrected chi connectivity index (χ2v) is 6.60. The van der Waals surface area contributed by atoms with Crippen LogP contribution in [0.5, 0.6) is 5.75 Å². The number of fused-ring (bicyclic) bond motifs is 1. The number of carbonyl (C=O) groups is 3. The lowest BCUT2D eigenvalue weighted by atomic mass is 10.1. The van der Waals surface area contributed by atoms with Crippen LogP contribution in [0, 0.1) is 0 Å². The lowest BCUT2D eigenvalue weighted by Crippen LogP contribution is -2.33. The third kappa shape index (κ3) is 4.40. The van der Waals surface area contributed by atoms with Gasteiger partial charge in [0.1, 0.15) is 5.75 Å². The molecule has 2 aromatic carbocycles. The summed E-state index contributed by atoms with van der Waals surface area (Å²) >= 11 is 11.8. The molecule has 1 aliphatic heterocycles. The van der Waals surface area contributed by atoms with Crippen molar-refractivity contribution in [1.82, 2.24) is 4.90 Å². The van der Waals surface area contributed by atoms with E-state index in [2.05, 4.69) is 0 Å². The molecule has 0 saturated heterocycles. The van der Waals surface area contributed by atoms with Gasteiger partial charge in [0.05, 0.1) is 22.8 Å². The number of benzene rings is 2. The van der Waals surface area contributed by atoms with E-state index >= 15 is 0 Å². The lowest BCUT2D eigenvalue weighted by Gasteiger charge is -2.14. The van der Waals surface area contributed by atoms with Crippen LogP contribution in [0.1, 0.15) is 33.6 Å². The van der Waals surface area contributed by atoms with Crippen LogP contribution in [0.25, 0.3) is 0 Å². The van der Waals surface area contributed by atoms with Gasteiger partial charge >= 0.3 is 5.97 Å². The second-order valence-electron chi connectivity index (χ2n) is 5.76. The summed E-state index contributed by atoms with van der Waals surface area (Å²) in [5.74, 6) is -0.994. The zero-order valence-corrected chi connectivity index (χ0v) is 15.6. The third-order valence-electron chi connectivity index (χ3n) is 3.91. The minimum Gasteiger partial charge on any atom is -0.492 e. The highest BCUT2D eigenvalue weighted by Crippen LogP contribution is 2.27. The average Bonchev–Trinajstić information content (AvgIpc) is 2.89. The second kappa shape index (κ2) is 8.41. The smallest absolute Gasteiger partial charge is 0.307 e. The number of amides is 2. The van der Waals surface area contributed by atoms with E-state index in [1.165, 1.54) is 0 Å². The first-order valence-corrected chi connectivity index (χ1v) is 8.91. The lowest BCUT2D eigenvalue weighted by molar-refractivity contribution is -0.146. The Bertz CT molecular complexity index is 864. The van der Waals surface area contributed by atoms with Crippen LogP contribution in [0.4, 0.5) is 0 Å². The molecule has 8 heteroatoms. The normalized spacial score (nSPS) is 12.9. The van der Waals surface area contributed by atoms with E-state index in [4.69, 9.17) is 32.7 Å². The van der Waals surface area contributed by atoms with Gasteiger partial charge < -0.3 is 9.47 Å². The van der Waals surface area contributed by atoms with Crippen molar-refractivity contribution in [2.24, 2.45) is 0 Å². The number of imide groups is 1. The molecule has 0 atom stereocenters. The molecule has 0 bridgehead atoms. The molecule has 27 heavy (non-hydrogen) atoms. The van der Waals surface area contributed by atoms with Crippen molar-refractivity contribution in [2.45, 2.75) is 12.8 Å². The van der Waals surface area contributed by atoms with Crippen molar-refractivity contribution in [3.8, 4) is 5.75 Å². The molecular weight excluding hydrogens is 393 g/mol. The summed E-state index contributed by atoms with van der Waals surface area (Å²) in [6, 6.07) is 11.3. The van der Waals surface area contributed by atoms with Crippen molar-refractivity contribution in [3.63, 3.8) is 0 Å². The maximum atomic E-state index is 12.2. The Kier molecular flexibility index (Phi) is 5.98. The molecule has 0 aromatic heterocycles. The van der Waals surface area contributed by atoms with E-state index in [0.29, 0.717) is 33.3 Å². The zero-order valence-electron chi connectivity index (χ0n) is 14.1. The first kappa shape index (κ1) is 19.2. The van der Waals surface area contributed by atoms with E-state index in [9.17, 15) is 14.4 Å². The van der Waals surface area contributed by atoms with Crippen LogP contribution in [0.15, 0.2) is 42.5 Å². The van der Waals surface area contributed by atoms with E-state index in [1.807, 2.05) is 0 Å². The molecule has 6 nitrogen and oxygen atoms in total. The summed E-state index contributed by atoms with van der Waals surface area (Å²) in [7, 11) is 0. The number of rotatable bonds is 7. The van der Waals surface area contributed by atoms with Crippen LogP contribution in [-0.2, 0) is 9.53 Å². The minimum absolute atomic E-state index is 0.0778. The van der Waals surface area contributed by atoms with Crippen LogP contribution < -0.4 is 4.74 Å². The maximum Gasteiger partial charge on any atom is 0.307 e. The summed E-state index contributed by atoms with van der Waals surface area (Å²) in [6.45, 7) is -0.154. The van der Waals surface area contributed by atoms with Crippen molar-refractivity contribution in [3.05, 3.63) is 63.6 Å². The molecule has 0 aliphatic carbocycles. The fourth-order valence-corrected chi connectivity index (χ4v) is 3.02. The van der Waals surface area contributed by atoms with Crippen molar-refractivity contribution in [2.75, 3.05) is 13.3 Å². The predicted octanol–water partition coefficient (Wildman–Crippen LogP) is 3.95. The van der Waals surface area contributed by atoms with Gasteiger partial charge in [-0.15, -0.1) is 0 Å². The Morgan fingerprint density at radius 2 is 1.67 bits per heavy atom. The van der Waals surface area contributed by atoms with Crippen LogP contribution >= 0.6 is 23.2 Å².